The van der Waals surface area contributed by atoms with Gasteiger partial charge in [-0.3, -0.25) is 19.4 Å². The molecule has 306 valence electrons. The van der Waals surface area contributed by atoms with Gasteiger partial charge in [-0.05, 0) is 66.0 Å². The first kappa shape index (κ1) is 40.2. The number of ether oxygens (including phenoxy) is 1. The lowest BCUT2D eigenvalue weighted by Crippen LogP contribution is -2.53. The molecule has 3 aliphatic heterocycles. The number of aliphatic hydroxyl groups excluding tert-OH is 1. The third-order valence-corrected chi connectivity index (χ3v) is 13.8. The van der Waals surface area contributed by atoms with Gasteiger partial charge in [0.1, 0.15) is 24.5 Å². The lowest BCUT2D eigenvalue weighted by Gasteiger charge is -2.31. The molecule has 0 bridgehead atoms. The molecule has 8 rings (SSSR count). The summed E-state index contributed by atoms with van der Waals surface area (Å²) in [5.74, 6) is -0.330. The van der Waals surface area contributed by atoms with E-state index in [-0.39, 0.29) is 29.8 Å². The summed E-state index contributed by atoms with van der Waals surface area (Å²) in [6.07, 6.45) is 7.12. The summed E-state index contributed by atoms with van der Waals surface area (Å²) in [4.78, 5) is 70.6. The van der Waals surface area contributed by atoms with E-state index in [0.717, 1.165) is 53.8 Å². The summed E-state index contributed by atoms with van der Waals surface area (Å²) < 4.78 is 7.20. The number of alkyl carbamates (subject to hydrolysis) is 1. The van der Waals surface area contributed by atoms with Crippen LogP contribution in [0.25, 0.3) is 36.7 Å². The van der Waals surface area contributed by atoms with E-state index in [1.165, 1.54) is 26.3 Å². The number of hydrogen-bond acceptors (Lipinski definition) is 10. The van der Waals surface area contributed by atoms with Crippen LogP contribution >= 0.6 is 22.7 Å². The minimum absolute atomic E-state index is 0.0842. The molecule has 4 N–H and O–H groups in total. The number of methoxy groups -OCH3 is 1. The topological polar surface area (TPSA) is 169 Å². The van der Waals surface area contributed by atoms with E-state index in [9.17, 15) is 24.3 Å². The standard InChI is InChI=1S/C44H47N7O6S2/c1-25(2)39(49-44(56)57-3)42(54)50-17-7-11-32(50)30-19-29(22-45-30)35-21-37-36(59-35)20-34(58-37)27-15-13-26(14-16-27)31-23-46-41(47-31)33-12-8-18-51(33)43(55)40(48-38(53)24-52)28-9-5-4-6-10-28/h4-6,9-10,13-16,20-23,25,32-33,39-40,52H,7-8,11-12,17-19,24H2,1-3H3,(H,46,47)(H,48,53)(H,49,56)/t32?,33-,39-,40+/m0/s1. The van der Waals surface area contributed by atoms with Crippen LogP contribution < -0.4 is 10.6 Å². The molecule has 2 saturated heterocycles. The Bertz CT molecular complexity index is 2390. The fourth-order valence-electron chi connectivity index (χ4n) is 8.28. The van der Waals surface area contributed by atoms with Gasteiger partial charge in [0, 0.05) is 50.6 Å². The number of aliphatic imine (C=N–C) groups is 1. The zero-order valence-electron chi connectivity index (χ0n) is 33.1. The van der Waals surface area contributed by atoms with Crippen molar-refractivity contribution in [3.8, 4) is 21.7 Å². The Labute approximate surface area is 350 Å². The van der Waals surface area contributed by atoms with Crippen molar-refractivity contribution in [2.24, 2.45) is 10.9 Å². The summed E-state index contributed by atoms with van der Waals surface area (Å²) in [5.41, 5.74) is 5.74. The molecule has 4 atom stereocenters. The maximum absolute atomic E-state index is 13.9. The zero-order valence-corrected chi connectivity index (χ0v) is 34.8. The lowest BCUT2D eigenvalue weighted by molar-refractivity contribution is -0.138. The molecule has 2 aromatic carbocycles. The molecular weight excluding hydrogens is 787 g/mol. The van der Waals surface area contributed by atoms with Crippen LogP contribution in [0.4, 0.5) is 4.79 Å². The van der Waals surface area contributed by atoms with Gasteiger partial charge in [0.2, 0.25) is 17.7 Å². The largest absolute Gasteiger partial charge is 0.453 e. The first-order valence-electron chi connectivity index (χ1n) is 20.0. The van der Waals surface area contributed by atoms with Crippen LogP contribution in [-0.2, 0) is 19.1 Å². The normalized spacial score (nSPS) is 18.9. The van der Waals surface area contributed by atoms with E-state index in [1.807, 2.05) is 43.1 Å². The number of nitrogens with one attached hydrogen (secondary N) is 3. The number of aromatic amines is 1. The number of fused-ring (bicyclic) bond motifs is 1. The Morgan fingerprint density at radius 3 is 2.24 bits per heavy atom. The van der Waals surface area contributed by atoms with Crippen LogP contribution in [0.15, 0.2) is 84.1 Å². The summed E-state index contributed by atoms with van der Waals surface area (Å²) in [5, 5.41) is 14.8. The van der Waals surface area contributed by atoms with Crippen LogP contribution in [-0.4, -0.2) is 93.3 Å². The lowest BCUT2D eigenvalue weighted by atomic mass is 9.99. The van der Waals surface area contributed by atoms with E-state index in [0.29, 0.717) is 30.9 Å². The van der Waals surface area contributed by atoms with E-state index >= 15 is 0 Å². The van der Waals surface area contributed by atoms with Crippen molar-refractivity contribution in [3.05, 3.63) is 95.4 Å². The number of amides is 4. The van der Waals surface area contributed by atoms with Crippen LogP contribution in [0.5, 0.6) is 0 Å². The summed E-state index contributed by atoms with van der Waals surface area (Å²) in [6, 6.07) is 20.0. The van der Waals surface area contributed by atoms with Gasteiger partial charge in [-0.2, -0.15) is 0 Å². The van der Waals surface area contributed by atoms with Crippen molar-refractivity contribution in [2.75, 3.05) is 26.8 Å². The first-order valence-corrected chi connectivity index (χ1v) is 21.6. The van der Waals surface area contributed by atoms with Gasteiger partial charge in [-0.1, -0.05) is 68.4 Å². The van der Waals surface area contributed by atoms with Crippen molar-refractivity contribution < 1.29 is 29.0 Å². The number of aliphatic hydroxyl groups is 1. The number of likely N-dealkylation sites (tertiary alicyclic amines) is 2. The minimum Gasteiger partial charge on any atom is -0.453 e. The van der Waals surface area contributed by atoms with Crippen LogP contribution in [0.1, 0.15) is 74.3 Å². The maximum atomic E-state index is 13.9. The molecule has 5 aromatic rings. The Kier molecular flexibility index (Phi) is 11.8. The summed E-state index contributed by atoms with van der Waals surface area (Å²) in [6.45, 7) is 4.32. The fraction of sp³-hybridized carbons (Fsp3) is 0.364. The highest BCUT2D eigenvalue weighted by atomic mass is 32.1. The van der Waals surface area contributed by atoms with Crippen molar-refractivity contribution in [3.63, 3.8) is 0 Å². The molecule has 59 heavy (non-hydrogen) atoms. The molecule has 1 unspecified atom stereocenters. The van der Waals surface area contributed by atoms with Crippen molar-refractivity contribution >= 4 is 67.2 Å². The van der Waals surface area contributed by atoms with Crippen molar-refractivity contribution in [1.82, 2.24) is 30.4 Å². The van der Waals surface area contributed by atoms with Crippen molar-refractivity contribution in [2.45, 2.75) is 70.1 Å². The molecule has 15 heteroatoms. The number of imidazole rings is 1. The first-order chi connectivity index (χ1) is 28.6. The van der Waals surface area contributed by atoms with E-state index in [2.05, 4.69) is 52.0 Å². The van der Waals surface area contributed by atoms with Gasteiger partial charge >= 0.3 is 6.09 Å². The number of rotatable bonds is 12. The van der Waals surface area contributed by atoms with Gasteiger partial charge in [-0.15, -0.1) is 22.7 Å². The van der Waals surface area contributed by atoms with E-state index in [4.69, 9.17) is 14.7 Å². The molecule has 6 heterocycles. The number of aromatic nitrogens is 2. The molecule has 0 aliphatic carbocycles. The SMILES string of the molecule is COC(=O)N[C@H](C(=O)N1CCCC1C1=NC=C(c2cc3sc(-c4ccc(-c5cnc([C@@H]6CCCN6C(=O)[C@H](NC(=O)CO)c6ccccc6)[nH]5)cc4)cc3s2)C1)C(C)C. The molecule has 3 aliphatic rings. The Morgan fingerprint density at radius 1 is 0.881 bits per heavy atom. The van der Waals surface area contributed by atoms with Crippen LogP contribution in [0, 0.1) is 5.92 Å². The van der Waals surface area contributed by atoms with Gasteiger partial charge < -0.3 is 35.3 Å². The average molecular weight is 834 g/mol. The Morgan fingerprint density at radius 2 is 1.54 bits per heavy atom. The number of allylic oxidation sites excluding steroid dienone is 1. The molecule has 0 saturated carbocycles. The number of carbonyl (C=O) groups is 4. The predicted octanol–water partition coefficient (Wildman–Crippen LogP) is 7.09. The second-order valence-electron chi connectivity index (χ2n) is 15.5. The Balaban J connectivity index is 0.909. The minimum atomic E-state index is -0.909. The molecule has 0 spiro atoms. The third kappa shape index (κ3) is 8.32. The third-order valence-electron chi connectivity index (χ3n) is 11.3. The highest BCUT2D eigenvalue weighted by Gasteiger charge is 2.39. The quantitative estimate of drug-likeness (QED) is 0.104. The van der Waals surface area contributed by atoms with Crippen LogP contribution in [0.3, 0.4) is 0 Å². The van der Waals surface area contributed by atoms with E-state index in [1.54, 1.807) is 45.9 Å². The molecule has 3 aromatic heterocycles. The molecule has 13 nitrogen and oxygen atoms in total. The Hall–Kier alpha value is -5.64. The van der Waals surface area contributed by atoms with Crippen molar-refractivity contribution in [1.29, 1.82) is 0 Å². The van der Waals surface area contributed by atoms with E-state index < -0.39 is 30.7 Å². The molecular formula is C44H47N7O6S2. The highest BCUT2D eigenvalue weighted by molar-refractivity contribution is 7.30. The van der Waals surface area contributed by atoms with Gasteiger partial charge in [0.05, 0.1) is 31.1 Å². The monoisotopic (exact) mass is 833 g/mol. The van der Waals surface area contributed by atoms with Gasteiger partial charge in [0.15, 0.2) is 0 Å². The number of hydrogen-bond donors (Lipinski definition) is 4. The predicted molar refractivity (Wildman–Crippen MR) is 230 cm³/mol. The number of carbonyl (C=O) groups excluding carboxylic acids is 4. The number of nitrogens with zero attached hydrogens (tertiary/aromatic N) is 4. The fourth-order valence-corrected chi connectivity index (χ4v) is 10.7. The highest BCUT2D eigenvalue weighted by Crippen LogP contribution is 2.43. The smallest absolute Gasteiger partial charge is 0.407 e. The molecule has 4 amide bonds. The zero-order chi connectivity index (χ0) is 41.2. The van der Waals surface area contributed by atoms with Crippen LogP contribution in [0.2, 0.25) is 0 Å². The molecule has 2 fully saturated rings. The summed E-state index contributed by atoms with van der Waals surface area (Å²) >= 11 is 3.51. The molecule has 0 radical (unpaired) electrons. The number of H-pyrrole nitrogens is 1. The average Bonchev–Trinajstić information content (AvgIpc) is 4.10. The van der Waals surface area contributed by atoms with Gasteiger partial charge in [-0.25, -0.2) is 9.78 Å². The van der Waals surface area contributed by atoms with Gasteiger partial charge in [0.25, 0.3) is 0 Å². The second kappa shape index (κ2) is 17.3. The maximum Gasteiger partial charge on any atom is 0.407 e. The number of thiophene rings is 2. The number of benzene rings is 2. The second-order valence-corrected chi connectivity index (χ2v) is 17.6. The summed E-state index contributed by atoms with van der Waals surface area (Å²) in [7, 11) is 1.30.